The molecule has 0 bridgehead atoms. The topological polar surface area (TPSA) is 28.0 Å². The second-order valence-electron chi connectivity index (χ2n) is 3.02. The van der Waals surface area contributed by atoms with Gasteiger partial charge in [0.1, 0.15) is 12.5 Å². The van der Waals surface area contributed by atoms with Gasteiger partial charge in [-0.3, -0.25) is 4.99 Å². The summed E-state index contributed by atoms with van der Waals surface area (Å²) in [6.07, 6.45) is 5.89. The highest BCUT2D eigenvalue weighted by molar-refractivity contribution is 6.30. The molecule has 2 rings (SSSR count). The molecule has 1 fully saturated rings. The standard InChI is InChI=1S/C8H13N3/c1-2-4-11(5-3-1)8-6-9-7-10-8/h6H,1-5,7H2. The predicted octanol–water partition coefficient (Wildman–Crippen LogP) is 0.913. The number of piperidine rings is 1. The average Bonchev–Trinajstić information content (AvgIpc) is 2.58. The maximum Gasteiger partial charge on any atom is 0.143 e. The molecular formula is C8H13N3. The third-order valence-corrected chi connectivity index (χ3v) is 2.20. The Hall–Kier alpha value is -0.860. The van der Waals surface area contributed by atoms with Crippen LogP contribution in [-0.4, -0.2) is 36.7 Å². The van der Waals surface area contributed by atoms with Crippen molar-refractivity contribution >= 4 is 12.1 Å². The molecule has 0 spiro atoms. The third-order valence-electron chi connectivity index (χ3n) is 2.20. The van der Waals surface area contributed by atoms with E-state index >= 15 is 0 Å². The molecule has 0 aromatic rings. The van der Waals surface area contributed by atoms with Crippen molar-refractivity contribution in [1.82, 2.24) is 4.90 Å². The molecule has 0 aliphatic carbocycles. The zero-order valence-electron chi connectivity index (χ0n) is 6.66. The van der Waals surface area contributed by atoms with Crippen LogP contribution in [0.5, 0.6) is 0 Å². The Labute approximate surface area is 66.8 Å². The number of likely N-dealkylation sites (tertiary alicyclic amines) is 1. The minimum atomic E-state index is 0.645. The molecule has 0 atom stereocenters. The summed E-state index contributed by atoms with van der Waals surface area (Å²) < 4.78 is 0. The van der Waals surface area contributed by atoms with Crippen LogP contribution >= 0.6 is 0 Å². The van der Waals surface area contributed by atoms with E-state index in [1.54, 1.807) is 0 Å². The zero-order valence-corrected chi connectivity index (χ0v) is 6.66. The molecule has 0 saturated carbocycles. The second-order valence-corrected chi connectivity index (χ2v) is 3.02. The van der Waals surface area contributed by atoms with Crippen LogP contribution in [0.15, 0.2) is 9.98 Å². The van der Waals surface area contributed by atoms with Crippen molar-refractivity contribution in [3.63, 3.8) is 0 Å². The maximum atomic E-state index is 4.28. The van der Waals surface area contributed by atoms with E-state index in [1.165, 1.54) is 32.4 Å². The van der Waals surface area contributed by atoms with E-state index in [4.69, 9.17) is 0 Å². The van der Waals surface area contributed by atoms with Gasteiger partial charge in [0.2, 0.25) is 0 Å². The van der Waals surface area contributed by atoms with Crippen LogP contribution < -0.4 is 0 Å². The van der Waals surface area contributed by atoms with Gasteiger partial charge in [-0.1, -0.05) is 0 Å². The Bertz CT molecular complexity index is 190. The van der Waals surface area contributed by atoms with Crippen molar-refractivity contribution in [3.05, 3.63) is 0 Å². The molecule has 1 saturated heterocycles. The smallest absolute Gasteiger partial charge is 0.143 e. The van der Waals surface area contributed by atoms with Crippen LogP contribution in [0.2, 0.25) is 0 Å². The van der Waals surface area contributed by atoms with Gasteiger partial charge in [0.15, 0.2) is 0 Å². The monoisotopic (exact) mass is 151 g/mol. The van der Waals surface area contributed by atoms with Crippen molar-refractivity contribution in [2.75, 3.05) is 19.8 Å². The van der Waals surface area contributed by atoms with Gasteiger partial charge >= 0.3 is 0 Å². The Morgan fingerprint density at radius 2 is 2.00 bits per heavy atom. The molecule has 3 heteroatoms. The molecule has 11 heavy (non-hydrogen) atoms. The first kappa shape index (κ1) is 6.83. The van der Waals surface area contributed by atoms with E-state index in [0.29, 0.717) is 6.67 Å². The highest BCUT2D eigenvalue weighted by atomic mass is 15.2. The number of hydrogen-bond acceptors (Lipinski definition) is 3. The number of rotatable bonds is 0. The van der Waals surface area contributed by atoms with Crippen LogP contribution in [-0.2, 0) is 0 Å². The van der Waals surface area contributed by atoms with Gasteiger partial charge in [0, 0.05) is 13.1 Å². The molecule has 0 amide bonds. The van der Waals surface area contributed by atoms with Gasteiger partial charge in [-0.2, -0.15) is 0 Å². The summed E-state index contributed by atoms with van der Waals surface area (Å²) >= 11 is 0. The highest BCUT2D eigenvalue weighted by Crippen LogP contribution is 2.09. The lowest BCUT2D eigenvalue weighted by atomic mass is 10.1. The van der Waals surface area contributed by atoms with Crippen LogP contribution in [0.25, 0.3) is 0 Å². The lowest BCUT2D eigenvalue weighted by Crippen LogP contribution is -2.35. The lowest BCUT2D eigenvalue weighted by molar-refractivity contribution is 0.346. The SMILES string of the molecule is C1=NCN=C1N1CCCCC1. The average molecular weight is 151 g/mol. The summed E-state index contributed by atoms with van der Waals surface area (Å²) in [5, 5.41) is 0. The first-order chi connectivity index (χ1) is 5.47. The molecule has 0 aromatic heterocycles. The van der Waals surface area contributed by atoms with Crippen LogP contribution in [0.4, 0.5) is 0 Å². The molecular weight excluding hydrogens is 138 g/mol. The van der Waals surface area contributed by atoms with Crippen LogP contribution in [0.3, 0.4) is 0 Å². The lowest BCUT2D eigenvalue weighted by Gasteiger charge is -2.26. The van der Waals surface area contributed by atoms with Crippen LogP contribution in [0, 0.1) is 0 Å². The first-order valence-electron chi connectivity index (χ1n) is 4.26. The van der Waals surface area contributed by atoms with Gasteiger partial charge in [-0.05, 0) is 19.3 Å². The Kier molecular flexibility index (Phi) is 1.88. The van der Waals surface area contributed by atoms with Gasteiger partial charge in [-0.15, -0.1) is 0 Å². The zero-order chi connectivity index (χ0) is 7.52. The van der Waals surface area contributed by atoms with Gasteiger partial charge in [0.05, 0.1) is 6.21 Å². The molecule has 0 unspecified atom stereocenters. The van der Waals surface area contributed by atoms with E-state index in [0.717, 1.165) is 5.84 Å². The normalized spacial score (nSPS) is 24.0. The second kappa shape index (κ2) is 3.03. The summed E-state index contributed by atoms with van der Waals surface area (Å²) in [6, 6.07) is 0. The highest BCUT2D eigenvalue weighted by Gasteiger charge is 2.14. The Morgan fingerprint density at radius 3 is 2.64 bits per heavy atom. The van der Waals surface area contributed by atoms with E-state index in [1.807, 2.05) is 6.21 Å². The summed E-state index contributed by atoms with van der Waals surface area (Å²) in [5.74, 6) is 1.10. The molecule has 0 N–H and O–H groups in total. The van der Waals surface area contributed by atoms with Crippen molar-refractivity contribution in [2.45, 2.75) is 19.3 Å². The maximum absolute atomic E-state index is 4.28. The minimum absolute atomic E-state index is 0.645. The number of hydrogen-bond donors (Lipinski definition) is 0. The van der Waals surface area contributed by atoms with E-state index in [2.05, 4.69) is 14.9 Å². The van der Waals surface area contributed by atoms with Gasteiger partial charge < -0.3 is 4.90 Å². The van der Waals surface area contributed by atoms with Crippen molar-refractivity contribution in [1.29, 1.82) is 0 Å². The quantitative estimate of drug-likeness (QED) is 0.506. The van der Waals surface area contributed by atoms with E-state index in [-0.39, 0.29) is 0 Å². The number of aliphatic imine (C=N–C) groups is 2. The third kappa shape index (κ3) is 1.42. The Balaban J connectivity index is 1.97. The van der Waals surface area contributed by atoms with E-state index < -0.39 is 0 Å². The molecule has 60 valence electrons. The molecule has 2 aliphatic heterocycles. The summed E-state index contributed by atoms with van der Waals surface area (Å²) in [6.45, 7) is 2.99. The molecule has 0 radical (unpaired) electrons. The Morgan fingerprint density at radius 1 is 1.18 bits per heavy atom. The predicted molar refractivity (Wildman–Crippen MR) is 46.2 cm³/mol. The summed E-state index contributed by atoms with van der Waals surface area (Å²) in [7, 11) is 0. The van der Waals surface area contributed by atoms with Gasteiger partial charge in [-0.25, -0.2) is 4.99 Å². The van der Waals surface area contributed by atoms with Crippen molar-refractivity contribution in [2.24, 2.45) is 9.98 Å². The number of nitrogens with zero attached hydrogens (tertiary/aromatic N) is 3. The molecule has 0 aromatic carbocycles. The molecule has 3 nitrogen and oxygen atoms in total. The first-order valence-corrected chi connectivity index (χ1v) is 4.26. The largest absolute Gasteiger partial charge is 0.356 e. The fourth-order valence-electron chi connectivity index (χ4n) is 1.58. The van der Waals surface area contributed by atoms with Crippen molar-refractivity contribution in [3.8, 4) is 0 Å². The fourth-order valence-corrected chi connectivity index (χ4v) is 1.58. The minimum Gasteiger partial charge on any atom is -0.356 e. The molecule has 2 heterocycles. The van der Waals surface area contributed by atoms with Gasteiger partial charge in [0.25, 0.3) is 0 Å². The van der Waals surface area contributed by atoms with Crippen LogP contribution in [0.1, 0.15) is 19.3 Å². The summed E-state index contributed by atoms with van der Waals surface area (Å²) in [5.41, 5.74) is 0. The van der Waals surface area contributed by atoms with E-state index in [9.17, 15) is 0 Å². The van der Waals surface area contributed by atoms with Crippen molar-refractivity contribution < 1.29 is 0 Å². The summed E-state index contributed by atoms with van der Waals surface area (Å²) in [4.78, 5) is 10.7. The number of amidine groups is 1. The molecule has 2 aliphatic rings. The fraction of sp³-hybridized carbons (Fsp3) is 0.750.